The normalized spacial score (nSPS) is 12.4. The predicted octanol–water partition coefficient (Wildman–Crippen LogP) is 1.91. The van der Waals surface area contributed by atoms with Crippen molar-refractivity contribution >= 4 is 5.97 Å². The highest BCUT2D eigenvalue weighted by atomic mass is 16.6. The molecule has 0 aliphatic rings. The van der Waals surface area contributed by atoms with Crippen LogP contribution in [0.5, 0.6) is 0 Å². The molecule has 0 amide bonds. The Kier molecular flexibility index (Phi) is 10.5. The molecule has 0 heterocycles. The van der Waals surface area contributed by atoms with Crippen molar-refractivity contribution in [2.75, 3.05) is 6.54 Å². The molecule has 0 fully saturated rings. The lowest BCUT2D eigenvalue weighted by Crippen LogP contribution is -2.27. The molecule has 4 N–H and O–H groups in total. The zero-order valence-corrected chi connectivity index (χ0v) is 10.4. The Labute approximate surface area is 98.7 Å². The minimum Gasteiger partial charge on any atom is -0.447 e. The zero-order chi connectivity index (χ0) is 12.2. The van der Waals surface area contributed by atoms with Crippen LogP contribution < -0.4 is 11.5 Å². The lowest BCUT2D eigenvalue weighted by molar-refractivity contribution is -0.149. The summed E-state index contributed by atoms with van der Waals surface area (Å²) in [5, 5.41) is 0. The average Bonchev–Trinajstić information content (AvgIpc) is 2.26. The van der Waals surface area contributed by atoms with Crippen LogP contribution in [0.2, 0.25) is 0 Å². The highest BCUT2D eigenvalue weighted by Gasteiger charge is 2.08. The van der Waals surface area contributed by atoms with Crippen molar-refractivity contribution in [1.82, 2.24) is 0 Å². The van der Waals surface area contributed by atoms with Crippen LogP contribution in [0, 0.1) is 0 Å². The molecule has 0 aromatic heterocycles. The third-order valence-electron chi connectivity index (χ3n) is 2.46. The molecular weight excluding hydrogens is 204 g/mol. The molecule has 16 heavy (non-hydrogen) atoms. The fourth-order valence-electron chi connectivity index (χ4n) is 1.48. The van der Waals surface area contributed by atoms with Gasteiger partial charge in [-0.05, 0) is 25.8 Å². The quantitative estimate of drug-likeness (QED) is 0.341. The lowest BCUT2D eigenvalue weighted by Gasteiger charge is -2.12. The van der Waals surface area contributed by atoms with E-state index in [0.717, 1.165) is 19.3 Å². The molecule has 0 radical (unpaired) electrons. The van der Waals surface area contributed by atoms with Crippen LogP contribution in [0.4, 0.5) is 0 Å². The number of carbonyl (C=O) groups excluding carboxylic acids is 1. The van der Waals surface area contributed by atoms with Crippen LogP contribution in [-0.4, -0.2) is 18.7 Å². The molecule has 0 aromatic carbocycles. The second-order valence-corrected chi connectivity index (χ2v) is 4.12. The Hall–Kier alpha value is -0.610. The van der Waals surface area contributed by atoms with Crippen molar-refractivity contribution in [2.24, 2.45) is 11.5 Å². The van der Waals surface area contributed by atoms with E-state index in [0.29, 0.717) is 19.4 Å². The third kappa shape index (κ3) is 9.93. The third-order valence-corrected chi connectivity index (χ3v) is 2.46. The standard InChI is InChI=1S/C12H26N2O2/c1-2-3-4-5-6-9-12(15)16-11(14)8-7-10-13/h11H,2-10,13-14H2,1H3. The van der Waals surface area contributed by atoms with Gasteiger partial charge in [0.05, 0.1) is 0 Å². The second kappa shape index (κ2) is 10.9. The molecule has 96 valence electrons. The van der Waals surface area contributed by atoms with Crippen LogP contribution in [0.3, 0.4) is 0 Å². The van der Waals surface area contributed by atoms with Crippen LogP contribution in [0.15, 0.2) is 0 Å². The minimum atomic E-state index is -0.480. The first-order chi connectivity index (χ1) is 7.70. The first-order valence-electron chi connectivity index (χ1n) is 6.35. The summed E-state index contributed by atoms with van der Waals surface area (Å²) in [4.78, 5) is 11.3. The maximum absolute atomic E-state index is 11.3. The first kappa shape index (κ1) is 15.4. The van der Waals surface area contributed by atoms with Crippen LogP contribution in [0.1, 0.15) is 58.3 Å². The predicted molar refractivity (Wildman–Crippen MR) is 65.7 cm³/mol. The van der Waals surface area contributed by atoms with E-state index < -0.39 is 6.23 Å². The SMILES string of the molecule is CCCCCCCC(=O)OC(N)CCCN. The molecule has 4 heteroatoms. The van der Waals surface area contributed by atoms with Crippen molar-refractivity contribution in [3.63, 3.8) is 0 Å². The molecule has 0 aromatic rings. The largest absolute Gasteiger partial charge is 0.447 e. The van der Waals surface area contributed by atoms with Crippen molar-refractivity contribution in [3.8, 4) is 0 Å². The van der Waals surface area contributed by atoms with Gasteiger partial charge in [0.25, 0.3) is 0 Å². The Morgan fingerprint density at radius 1 is 1.19 bits per heavy atom. The molecule has 0 aliphatic carbocycles. The van der Waals surface area contributed by atoms with Gasteiger partial charge in [0, 0.05) is 6.42 Å². The summed E-state index contributed by atoms with van der Waals surface area (Å²) in [7, 11) is 0. The van der Waals surface area contributed by atoms with Gasteiger partial charge in [-0.2, -0.15) is 0 Å². The van der Waals surface area contributed by atoms with Gasteiger partial charge in [0.1, 0.15) is 0 Å². The minimum absolute atomic E-state index is 0.180. The Bertz CT molecular complexity index is 174. The van der Waals surface area contributed by atoms with E-state index in [-0.39, 0.29) is 5.97 Å². The molecule has 0 saturated carbocycles. The van der Waals surface area contributed by atoms with Crippen molar-refractivity contribution in [2.45, 2.75) is 64.5 Å². The summed E-state index contributed by atoms with van der Waals surface area (Å²) in [5.41, 5.74) is 11.0. The number of unbranched alkanes of at least 4 members (excludes halogenated alkanes) is 4. The highest BCUT2D eigenvalue weighted by Crippen LogP contribution is 2.06. The van der Waals surface area contributed by atoms with Crippen molar-refractivity contribution in [1.29, 1.82) is 0 Å². The summed E-state index contributed by atoms with van der Waals surface area (Å²) in [6.45, 7) is 2.76. The Morgan fingerprint density at radius 2 is 1.88 bits per heavy atom. The maximum Gasteiger partial charge on any atom is 0.307 e. The first-order valence-corrected chi connectivity index (χ1v) is 6.35. The maximum atomic E-state index is 11.3. The van der Waals surface area contributed by atoms with Gasteiger partial charge in [-0.25, -0.2) is 0 Å². The fourth-order valence-corrected chi connectivity index (χ4v) is 1.48. The Morgan fingerprint density at radius 3 is 2.50 bits per heavy atom. The number of esters is 1. The van der Waals surface area contributed by atoms with E-state index in [1.807, 2.05) is 0 Å². The molecule has 1 unspecified atom stereocenters. The second-order valence-electron chi connectivity index (χ2n) is 4.12. The van der Waals surface area contributed by atoms with Gasteiger partial charge in [-0.1, -0.05) is 32.6 Å². The van der Waals surface area contributed by atoms with Gasteiger partial charge in [0.15, 0.2) is 6.23 Å². The highest BCUT2D eigenvalue weighted by molar-refractivity contribution is 5.69. The van der Waals surface area contributed by atoms with Crippen LogP contribution in [0.25, 0.3) is 0 Å². The average molecular weight is 230 g/mol. The monoisotopic (exact) mass is 230 g/mol. The van der Waals surface area contributed by atoms with Gasteiger partial charge in [-0.15, -0.1) is 0 Å². The van der Waals surface area contributed by atoms with E-state index >= 15 is 0 Å². The number of ether oxygens (including phenoxy) is 1. The van der Waals surface area contributed by atoms with Gasteiger partial charge >= 0.3 is 5.97 Å². The van der Waals surface area contributed by atoms with Gasteiger partial charge in [0.2, 0.25) is 0 Å². The molecular formula is C12H26N2O2. The summed E-state index contributed by atoms with van der Waals surface area (Å²) in [5.74, 6) is -0.180. The summed E-state index contributed by atoms with van der Waals surface area (Å²) in [6, 6.07) is 0. The molecule has 0 rings (SSSR count). The van der Waals surface area contributed by atoms with E-state index in [1.165, 1.54) is 19.3 Å². The van der Waals surface area contributed by atoms with E-state index in [9.17, 15) is 4.79 Å². The van der Waals surface area contributed by atoms with Crippen molar-refractivity contribution < 1.29 is 9.53 Å². The summed E-state index contributed by atoms with van der Waals surface area (Å²) in [6.07, 6.45) is 7.11. The van der Waals surface area contributed by atoms with E-state index in [2.05, 4.69) is 6.92 Å². The zero-order valence-electron chi connectivity index (χ0n) is 10.4. The summed E-state index contributed by atoms with van der Waals surface area (Å²) < 4.78 is 5.04. The Balaban J connectivity index is 3.36. The fraction of sp³-hybridized carbons (Fsp3) is 0.917. The van der Waals surface area contributed by atoms with Gasteiger partial charge < -0.3 is 10.5 Å². The molecule has 0 spiro atoms. The molecule has 1 atom stereocenters. The number of carbonyl (C=O) groups is 1. The molecule has 0 saturated heterocycles. The topological polar surface area (TPSA) is 78.3 Å². The molecule has 0 bridgehead atoms. The molecule has 0 aliphatic heterocycles. The number of rotatable bonds is 10. The van der Waals surface area contributed by atoms with Crippen molar-refractivity contribution in [3.05, 3.63) is 0 Å². The number of hydrogen-bond donors (Lipinski definition) is 2. The lowest BCUT2D eigenvalue weighted by atomic mass is 10.1. The number of hydrogen-bond acceptors (Lipinski definition) is 4. The van der Waals surface area contributed by atoms with Crippen LogP contribution >= 0.6 is 0 Å². The van der Waals surface area contributed by atoms with Gasteiger partial charge in [-0.3, -0.25) is 10.5 Å². The molecule has 4 nitrogen and oxygen atoms in total. The smallest absolute Gasteiger partial charge is 0.307 e. The van der Waals surface area contributed by atoms with E-state index in [4.69, 9.17) is 16.2 Å². The van der Waals surface area contributed by atoms with E-state index in [1.54, 1.807) is 0 Å². The summed E-state index contributed by atoms with van der Waals surface area (Å²) >= 11 is 0. The van der Waals surface area contributed by atoms with Crippen LogP contribution in [-0.2, 0) is 9.53 Å². The number of nitrogens with two attached hydrogens (primary N) is 2.